The van der Waals surface area contributed by atoms with Gasteiger partial charge in [-0.3, -0.25) is 0 Å². The van der Waals surface area contributed by atoms with E-state index in [1.807, 2.05) is 0 Å². The molecule has 3 rings (SSSR count). The smallest absolute Gasteiger partial charge is 0.119 e. The van der Waals surface area contributed by atoms with Crippen molar-refractivity contribution in [1.82, 2.24) is 0 Å². The molecule has 0 radical (unpaired) electrons. The number of methoxy groups -OCH3 is 1. The Balaban J connectivity index is 1.94. The minimum absolute atomic E-state index is 0.123. The van der Waals surface area contributed by atoms with Gasteiger partial charge in [0.1, 0.15) is 5.75 Å². The van der Waals surface area contributed by atoms with Crippen molar-refractivity contribution in [2.75, 3.05) is 7.11 Å². The lowest BCUT2D eigenvalue weighted by molar-refractivity contribution is 0.159. The largest absolute Gasteiger partial charge is 0.497 e. The molecule has 0 bridgehead atoms. The number of aryl methyl sites for hydroxylation is 1. The Bertz CT molecular complexity index is 476. The van der Waals surface area contributed by atoms with E-state index in [-0.39, 0.29) is 5.54 Å². The average molecular weight is 273 g/mol. The van der Waals surface area contributed by atoms with Crippen molar-refractivity contribution < 1.29 is 4.74 Å². The third-order valence-corrected chi connectivity index (χ3v) is 5.60. The van der Waals surface area contributed by atoms with Crippen molar-refractivity contribution in [3.8, 4) is 5.75 Å². The van der Waals surface area contributed by atoms with Gasteiger partial charge in [-0.25, -0.2) is 0 Å². The summed E-state index contributed by atoms with van der Waals surface area (Å²) < 4.78 is 5.42. The summed E-state index contributed by atoms with van der Waals surface area (Å²) in [7, 11) is 1.74. The van der Waals surface area contributed by atoms with Gasteiger partial charge in [-0.05, 0) is 67.2 Å². The first-order valence-corrected chi connectivity index (χ1v) is 8.10. The quantitative estimate of drug-likeness (QED) is 0.883. The van der Waals surface area contributed by atoms with Gasteiger partial charge in [0.25, 0.3) is 0 Å². The van der Waals surface area contributed by atoms with Gasteiger partial charge < -0.3 is 10.5 Å². The Kier molecular flexibility index (Phi) is 3.76. The molecule has 1 fully saturated rings. The second-order valence-corrected chi connectivity index (χ2v) is 6.87. The summed E-state index contributed by atoms with van der Waals surface area (Å²) in [5.41, 5.74) is 9.64. The van der Waals surface area contributed by atoms with Crippen LogP contribution in [0.1, 0.15) is 56.6 Å². The SMILES string of the molecule is COc1ccc2c(c1)C(N)(C1CCC(C)CC1)CCC2. The number of fused-ring (bicyclic) bond motifs is 1. The summed E-state index contributed by atoms with van der Waals surface area (Å²) in [4.78, 5) is 0. The lowest BCUT2D eigenvalue weighted by Gasteiger charge is -2.45. The van der Waals surface area contributed by atoms with Crippen LogP contribution in [-0.2, 0) is 12.0 Å². The van der Waals surface area contributed by atoms with Gasteiger partial charge >= 0.3 is 0 Å². The zero-order chi connectivity index (χ0) is 14.2. The zero-order valence-electron chi connectivity index (χ0n) is 12.8. The highest BCUT2D eigenvalue weighted by Crippen LogP contribution is 2.46. The normalized spacial score (nSPS) is 33.5. The van der Waals surface area contributed by atoms with Crippen LogP contribution < -0.4 is 10.5 Å². The Morgan fingerprint density at radius 1 is 1.20 bits per heavy atom. The van der Waals surface area contributed by atoms with E-state index in [4.69, 9.17) is 10.5 Å². The van der Waals surface area contributed by atoms with Gasteiger partial charge in [-0.1, -0.05) is 25.8 Å². The number of rotatable bonds is 2. The molecule has 1 atom stereocenters. The fraction of sp³-hybridized carbons (Fsp3) is 0.667. The van der Waals surface area contributed by atoms with E-state index < -0.39 is 0 Å². The molecule has 1 unspecified atom stereocenters. The zero-order valence-corrected chi connectivity index (χ0v) is 12.8. The summed E-state index contributed by atoms with van der Waals surface area (Å²) in [6, 6.07) is 6.50. The lowest BCUT2D eigenvalue weighted by atomic mass is 9.64. The maximum Gasteiger partial charge on any atom is 0.119 e. The number of hydrogen-bond acceptors (Lipinski definition) is 2. The minimum Gasteiger partial charge on any atom is -0.497 e. The molecule has 2 nitrogen and oxygen atoms in total. The molecule has 2 N–H and O–H groups in total. The van der Waals surface area contributed by atoms with Gasteiger partial charge in [-0.2, -0.15) is 0 Å². The number of nitrogens with two attached hydrogens (primary N) is 1. The van der Waals surface area contributed by atoms with Gasteiger partial charge in [0.15, 0.2) is 0 Å². The van der Waals surface area contributed by atoms with Gasteiger partial charge in [0.05, 0.1) is 7.11 Å². The van der Waals surface area contributed by atoms with Crippen molar-refractivity contribution in [2.45, 2.75) is 57.4 Å². The van der Waals surface area contributed by atoms with Crippen LogP contribution in [0.5, 0.6) is 5.75 Å². The monoisotopic (exact) mass is 273 g/mol. The van der Waals surface area contributed by atoms with Crippen molar-refractivity contribution >= 4 is 0 Å². The van der Waals surface area contributed by atoms with Crippen LogP contribution in [0.15, 0.2) is 18.2 Å². The molecule has 0 saturated heterocycles. The van der Waals surface area contributed by atoms with Crippen LogP contribution in [0.25, 0.3) is 0 Å². The van der Waals surface area contributed by atoms with Crippen molar-refractivity contribution in [2.24, 2.45) is 17.6 Å². The molecule has 2 aliphatic carbocycles. The van der Waals surface area contributed by atoms with Gasteiger partial charge in [0, 0.05) is 5.54 Å². The second kappa shape index (κ2) is 5.40. The molecule has 110 valence electrons. The lowest BCUT2D eigenvalue weighted by Crippen LogP contribution is -2.47. The molecule has 20 heavy (non-hydrogen) atoms. The van der Waals surface area contributed by atoms with Crippen molar-refractivity contribution in [3.63, 3.8) is 0 Å². The predicted octanol–water partition coefficient (Wildman–Crippen LogP) is 4.01. The Labute approximate surface area is 122 Å². The standard InChI is InChI=1S/C18H27NO/c1-13-5-8-15(9-6-13)18(19)11-3-4-14-7-10-16(20-2)12-17(14)18/h7,10,12-13,15H,3-6,8-9,11,19H2,1-2H3. The van der Waals surface area contributed by atoms with E-state index in [9.17, 15) is 0 Å². The first kappa shape index (κ1) is 13.9. The minimum atomic E-state index is -0.123. The van der Waals surface area contributed by atoms with Crippen LogP contribution in [0.3, 0.4) is 0 Å². The molecule has 1 saturated carbocycles. The fourth-order valence-corrected chi connectivity index (χ4v) is 4.24. The van der Waals surface area contributed by atoms with Crippen LogP contribution in [0.4, 0.5) is 0 Å². The third-order valence-electron chi connectivity index (χ3n) is 5.60. The highest BCUT2D eigenvalue weighted by molar-refractivity contribution is 5.42. The molecule has 0 amide bonds. The average Bonchev–Trinajstić information content (AvgIpc) is 2.48. The molecule has 2 aliphatic rings. The summed E-state index contributed by atoms with van der Waals surface area (Å²) in [6.45, 7) is 2.37. The number of ether oxygens (including phenoxy) is 1. The molecule has 0 spiro atoms. The Hall–Kier alpha value is -1.02. The van der Waals surface area contributed by atoms with Crippen molar-refractivity contribution in [3.05, 3.63) is 29.3 Å². The summed E-state index contributed by atoms with van der Waals surface area (Å²) in [5, 5.41) is 0. The molecule has 0 heterocycles. The molecule has 1 aromatic carbocycles. The molecule has 2 heteroatoms. The molecule has 1 aromatic rings. The van der Waals surface area contributed by atoms with Crippen molar-refractivity contribution in [1.29, 1.82) is 0 Å². The highest BCUT2D eigenvalue weighted by atomic mass is 16.5. The Morgan fingerprint density at radius 3 is 2.65 bits per heavy atom. The maximum atomic E-state index is 6.96. The maximum absolute atomic E-state index is 6.96. The van der Waals surface area contributed by atoms with Crippen LogP contribution in [0, 0.1) is 11.8 Å². The molecule has 0 aliphatic heterocycles. The summed E-state index contributed by atoms with van der Waals surface area (Å²) in [6.07, 6.45) is 8.77. The van der Waals surface area contributed by atoms with Crippen LogP contribution >= 0.6 is 0 Å². The van der Waals surface area contributed by atoms with Gasteiger partial charge in [0.2, 0.25) is 0 Å². The number of benzene rings is 1. The van der Waals surface area contributed by atoms with Gasteiger partial charge in [-0.15, -0.1) is 0 Å². The Morgan fingerprint density at radius 2 is 1.95 bits per heavy atom. The van der Waals surface area contributed by atoms with E-state index in [0.717, 1.165) is 18.1 Å². The highest BCUT2D eigenvalue weighted by Gasteiger charge is 2.41. The van der Waals surface area contributed by atoms with E-state index in [1.165, 1.54) is 49.7 Å². The summed E-state index contributed by atoms with van der Waals surface area (Å²) in [5.74, 6) is 2.47. The predicted molar refractivity (Wildman–Crippen MR) is 82.9 cm³/mol. The van der Waals surface area contributed by atoms with Crippen LogP contribution in [-0.4, -0.2) is 7.11 Å². The van der Waals surface area contributed by atoms with Crippen LogP contribution in [0.2, 0.25) is 0 Å². The first-order chi connectivity index (χ1) is 9.63. The van der Waals surface area contributed by atoms with E-state index in [0.29, 0.717) is 5.92 Å². The molecule has 0 aromatic heterocycles. The second-order valence-electron chi connectivity index (χ2n) is 6.87. The third kappa shape index (κ3) is 2.35. The van der Waals surface area contributed by atoms with E-state index in [2.05, 4.69) is 25.1 Å². The summed E-state index contributed by atoms with van der Waals surface area (Å²) >= 11 is 0. The number of hydrogen-bond donors (Lipinski definition) is 1. The molecular weight excluding hydrogens is 246 g/mol. The molecular formula is C18H27NO. The van der Waals surface area contributed by atoms with E-state index >= 15 is 0 Å². The fourth-order valence-electron chi connectivity index (χ4n) is 4.24. The first-order valence-electron chi connectivity index (χ1n) is 8.10. The topological polar surface area (TPSA) is 35.2 Å². The van der Waals surface area contributed by atoms with E-state index in [1.54, 1.807) is 7.11 Å².